The predicted octanol–water partition coefficient (Wildman–Crippen LogP) is 2.46. The Morgan fingerprint density at radius 1 is 1.42 bits per heavy atom. The van der Waals surface area contributed by atoms with E-state index in [1.54, 1.807) is 17.5 Å². The Hall–Kier alpha value is -2.03. The molecule has 0 bridgehead atoms. The Morgan fingerprint density at radius 2 is 2.38 bits per heavy atom. The Bertz CT molecular complexity index is 755. The molecule has 0 saturated carbocycles. The molecule has 0 amide bonds. The van der Waals surface area contributed by atoms with E-state index in [2.05, 4.69) is 27.1 Å². The first-order valence-corrected chi connectivity index (χ1v) is 8.88. The highest BCUT2D eigenvalue weighted by molar-refractivity contribution is 7.13. The van der Waals surface area contributed by atoms with Crippen LogP contribution in [0.2, 0.25) is 0 Å². The molecule has 1 aliphatic heterocycles. The number of thiophene rings is 1. The normalized spacial score (nSPS) is 20.3. The van der Waals surface area contributed by atoms with E-state index in [9.17, 15) is 0 Å². The molecule has 3 aromatic rings. The minimum absolute atomic E-state index is 0.0650. The molecular formula is C16H19N5O2S. The van der Waals surface area contributed by atoms with Crippen LogP contribution >= 0.6 is 11.3 Å². The van der Waals surface area contributed by atoms with Crippen molar-refractivity contribution in [1.82, 2.24) is 24.8 Å². The van der Waals surface area contributed by atoms with Crippen LogP contribution in [0.15, 0.2) is 40.5 Å². The maximum Gasteiger partial charge on any atom is 0.244 e. The van der Waals surface area contributed by atoms with Crippen molar-refractivity contribution in [2.45, 2.75) is 25.6 Å². The number of morpholine rings is 1. The van der Waals surface area contributed by atoms with Gasteiger partial charge in [-0.05, 0) is 24.4 Å². The molecule has 0 N–H and O–H groups in total. The average molecular weight is 345 g/mol. The van der Waals surface area contributed by atoms with E-state index >= 15 is 0 Å². The number of rotatable bonds is 5. The van der Waals surface area contributed by atoms with Crippen molar-refractivity contribution in [1.29, 1.82) is 0 Å². The van der Waals surface area contributed by atoms with Crippen molar-refractivity contribution in [2.24, 2.45) is 0 Å². The van der Waals surface area contributed by atoms with Gasteiger partial charge in [0.2, 0.25) is 11.7 Å². The number of aromatic nitrogens is 4. The molecule has 0 aliphatic carbocycles. The SMILES string of the molecule is C[C@@H](c1nc(-c2cccs2)no1)N1CCO[C@H](Cn2cccn2)C1. The molecular weight excluding hydrogens is 326 g/mol. The van der Waals surface area contributed by atoms with Crippen LogP contribution in [0.5, 0.6) is 0 Å². The molecule has 7 nitrogen and oxygen atoms in total. The second-order valence-corrected chi connectivity index (χ2v) is 6.77. The molecule has 0 aromatic carbocycles. The fourth-order valence-electron chi connectivity index (χ4n) is 2.89. The summed E-state index contributed by atoms with van der Waals surface area (Å²) in [5.41, 5.74) is 0. The monoisotopic (exact) mass is 345 g/mol. The zero-order chi connectivity index (χ0) is 16.4. The number of hydrogen-bond acceptors (Lipinski definition) is 7. The molecule has 4 heterocycles. The van der Waals surface area contributed by atoms with Crippen LogP contribution in [-0.2, 0) is 11.3 Å². The fraction of sp³-hybridized carbons (Fsp3) is 0.438. The molecule has 1 saturated heterocycles. The Kier molecular flexibility index (Phi) is 4.42. The zero-order valence-electron chi connectivity index (χ0n) is 13.4. The molecule has 3 aromatic heterocycles. The minimum Gasteiger partial charge on any atom is -0.374 e. The number of hydrogen-bond donors (Lipinski definition) is 0. The van der Waals surface area contributed by atoms with Crippen LogP contribution in [0.4, 0.5) is 0 Å². The van der Waals surface area contributed by atoms with Gasteiger partial charge in [-0.2, -0.15) is 10.1 Å². The van der Waals surface area contributed by atoms with Gasteiger partial charge < -0.3 is 9.26 Å². The van der Waals surface area contributed by atoms with Gasteiger partial charge in [-0.15, -0.1) is 11.3 Å². The Balaban J connectivity index is 1.43. The highest BCUT2D eigenvalue weighted by atomic mass is 32.1. The van der Waals surface area contributed by atoms with Crippen molar-refractivity contribution in [3.05, 3.63) is 41.9 Å². The Labute approximate surface area is 143 Å². The summed E-state index contributed by atoms with van der Waals surface area (Å²) < 4.78 is 13.3. The first kappa shape index (κ1) is 15.5. The van der Waals surface area contributed by atoms with Gasteiger partial charge in [0.1, 0.15) is 0 Å². The lowest BCUT2D eigenvalue weighted by atomic mass is 10.2. The van der Waals surface area contributed by atoms with Gasteiger partial charge in [0.25, 0.3) is 0 Å². The summed E-state index contributed by atoms with van der Waals surface area (Å²) >= 11 is 1.61. The molecule has 126 valence electrons. The summed E-state index contributed by atoms with van der Waals surface area (Å²) in [4.78, 5) is 7.91. The quantitative estimate of drug-likeness (QED) is 0.707. The molecule has 2 atom stereocenters. The third-order valence-electron chi connectivity index (χ3n) is 4.21. The Morgan fingerprint density at radius 3 is 3.17 bits per heavy atom. The molecule has 0 spiro atoms. The van der Waals surface area contributed by atoms with Crippen molar-refractivity contribution < 1.29 is 9.26 Å². The van der Waals surface area contributed by atoms with E-state index < -0.39 is 0 Å². The lowest BCUT2D eigenvalue weighted by Crippen LogP contribution is -2.45. The van der Waals surface area contributed by atoms with Crippen molar-refractivity contribution in [2.75, 3.05) is 19.7 Å². The van der Waals surface area contributed by atoms with Crippen LogP contribution in [-0.4, -0.2) is 50.6 Å². The van der Waals surface area contributed by atoms with Gasteiger partial charge >= 0.3 is 0 Å². The van der Waals surface area contributed by atoms with Gasteiger partial charge in [-0.25, -0.2) is 0 Å². The second-order valence-electron chi connectivity index (χ2n) is 5.83. The van der Waals surface area contributed by atoms with E-state index in [4.69, 9.17) is 9.26 Å². The van der Waals surface area contributed by atoms with Crippen molar-refractivity contribution in [3.63, 3.8) is 0 Å². The third kappa shape index (κ3) is 3.26. The highest BCUT2D eigenvalue weighted by Gasteiger charge is 2.28. The lowest BCUT2D eigenvalue weighted by Gasteiger charge is -2.35. The van der Waals surface area contributed by atoms with Crippen LogP contribution in [0, 0.1) is 0 Å². The van der Waals surface area contributed by atoms with Gasteiger partial charge in [0.15, 0.2) is 0 Å². The average Bonchev–Trinajstić information content (AvgIpc) is 3.35. The molecule has 0 unspecified atom stereocenters. The number of ether oxygens (including phenoxy) is 1. The first-order valence-electron chi connectivity index (χ1n) is 8.00. The zero-order valence-corrected chi connectivity index (χ0v) is 14.2. The summed E-state index contributed by atoms with van der Waals surface area (Å²) in [6.07, 6.45) is 3.85. The van der Waals surface area contributed by atoms with E-state index in [-0.39, 0.29) is 12.1 Å². The van der Waals surface area contributed by atoms with Crippen LogP contribution in [0.1, 0.15) is 18.9 Å². The van der Waals surface area contributed by atoms with Crippen molar-refractivity contribution >= 4 is 11.3 Å². The largest absolute Gasteiger partial charge is 0.374 e. The lowest BCUT2D eigenvalue weighted by molar-refractivity contribution is -0.0532. The van der Waals surface area contributed by atoms with Crippen molar-refractivity contribution in [3.8, 4) is 10.7 Å². The second kappa shape index (κ2) is 6.84. The summed E-state index contributed by atoms with van der Waals surface area (Å²) in [5, 5.41) is 10.4. The maximum atomic E-state index is 5.86. The smallest absolute Gasteiger partial charge is 0.244 e. The summed E-state index contributed by atoms with van der Waals surface area (Å²) in [6, 6.07) is 5.98. The van der Waals surface area contributed by atoms with E-state index in [1.165, 1.54) is 0 Å². The molecule has 24 heavy (non-hydrogen) atoms. The molecule has 1 aliphatic rings. The van der Waals surface area contributed by atoms with E-state index in [0.717, 1.165) is 24.5 Å². The molecule has 1 fully saturated rings. The van der Waals surface area contributed by atoms with Crippen LogP contribution < -0.4 is 0 Å². The molecule has 4 rings (SSSR count). The van der Waals surface area contributed by atoms with Gasteiger partial charge in [-0.3, -0.25) is 9.58 Å². The van der Waals surface area contributed by atoms with Gasteiger partial charge in [0, 0.05) is 25.5 Å². The summed E-state index contributed by atoms with van der Waals surface area (Å²) in [5.74, 6) is 1.31. The first-order chi connectivity index (χ1) is 11.8. The van der Waals surface area contributed by atoms with E-state index in [1.807, 2.05) is 34.5 Å². The van der Waals surface area contributed by atoms with Gasteiger partial charge in [0.05, 0.1) is 30.2 Å². The minimum atomic E-state index is 0.0650. The topological polar surface area (TPSA) is 69.2 Å². The number of nitrogens with zero attached hydrogens (tertiary/aromatic N) is 5. The molecule has 0 radical (unpaired) electrons. The molecule has 8 heteroatoms. The van der Waals surface area contributed by atoms with Crippen LogP contribution in [0.25, 0.3) is 10.7 Å². The van der Waals surface area contributed by atoms with E-state index in [0.29, 0.717) is 18.3 Å². The standard InChI is InChI=1S/C16H19N5O2S/c1-12(16-18-15(19-23-16)14-4-2-9-24-14)20-7-8-22-13(10-20)11-21-6-3-5-17-21/h2-6,9,12-13H,7-8,10-11H2,1H3/t12-,13-/m0/s1. The fourth-order valence-corrected chi connectivity index (χ4v) is 3.54. The summed E-state index contributed by atoms with van der Waals surface area (Å²) in [6.45, 7) is 5.22. The highest BCUT2D eigenvalue weighted by Crippen LogP contribution is 2.26. The van der Waals surface area contributed by atoms with Gasteiger partial charge in [-0.1, -0.05) is 11.2 Å². The van der Waals surface area contributed by atoms with Crippen LogP contribution in [0.3, 0.4) is 0 Å². The predicted molar refractivity (Wildman–Crippen MR) is 89.6 cm³/mol. The summed E-state index contributed by atoms with van der Waals surface area (Å²) in [7, 11) is 0. The maximum absolute atomic E-state index is 5.86. The third-order valence-corrected chi connectivity index (χ3v) is 5.07.